The molecule has 0 radical (unpaired) electrons. The van der Waals surface area contributed by atoms with Gasteiger partial charge in [0.15, 0.2) is 11.5 Å². The minimum atomic E-state index is 0.00696. The van der Waals surface area contributed by atoms with Crippen molar-refractivity contribution < 1.29 is 38.2 Å². The molecule has 16 rings (SSSR count). The average Bonchev–Trinajstić information content (AvgIpc) is 0.790. The number of rotatable bonds is 16. The lowest BCUT2D eigenvalue weighted by Gasteiger charge is -2.54. The maximum atomic E-state index is 12.9. The van der Waals surface area contributed by atoms with Crippen molar-refractivity contribution in [3.8, 4) is 11.5 Å². The highest BCUT2D eigenvalue weighted by Crippen LogP contribution is 2.45. The Bertz CT molecular complexity index is 4660. The molecule has 20 heteroatoms. The van der Waals surface area contributed by atoms with Gasteiger partial charge in [-0.15, -0.1) is 0 Å². The number of benzene rings is 8. The van der Waals surface area contributed by atoms with Crippen LogP contribution < -0.4 is 9.47 Å². The van der Waals surface area contributed by atoms with Crippen LogP contribution in [0.3, 0.4) is 0 Å². The van der Waals surface area contributed by atoms with Crippen LogP contribution in [-0.4, -0.2) is 194 Å². The maximum absolute atomic E-state index is 12.9. The number of carbonyl (C=O) groups excluding carboxylic acids is 6. The number of hydrogen-bond donors (Lipinski definition) is 0. The van der Waals surface area contributed by atoms with E-state index in [1.165, 1.54) is 22.3 Å². The van der Waals surface area contributed by atoms with Crippen LogP contribution in [0.25, 0.3) is 24.3 Å². The molecule has 8 aromatic carbocycles. The van der Waals surface area contributed by atoms with Crippen molar-refractivity contribution in [1.29, 1.82) is 0 Å². The summed E-state index contributed by atoms with van der Waals surface area (Å²) >= 11 is 13.7. The molecule has 604 valence electrons. The van der Waals surface area contributed by atoms with Gasteiger partial charge in [-0.1, -0.05) is 190 Å². The topological polar surface area (TPSA) is 147 Å². The summed E-state index contributed by atoms with van der Waals surface area (Å²) in [6.45, 7) is 20.6. The summed E-state index contributed by atoms with van der Waals surface area (Å²) < 4.78 is 14.7. The fourth-order valence-corrected chi connectivity index (χ4v) is 18.2. The van der Waals surface area contributed by atoms with Gasteiger partial charge in [0.25, 0.3) is 11.8 Å². The smallest absolute Gasteiger partial charge is 0.254 e. The summed E-state index contributed by atoms with van der Waals surface area (Å²) in [7, 11) is 3.14. The van der Waals surface area contributed by atoms with Gasteiger partial charge >= 0.3 is 0 Å². The van der Waals surface area contributed by atoms with Gasteiger partial charge in [0.2, 0.25) is 23.6 Å². The number of methoxy groups -OCH3 is 2. The van der Waals surface area contributed by atoms with E-state index in [1.807, 2.05) is 181 Å². The highest BCUT2D eigenvalue weighted by Gasteiger charge is 2.50. The summed E-state index contributed by atoms with van der Waals surface area (Å²) in [5.41, 5.74) is 12.1. The molecule has 16 nitrogen and oxygen atoms in total. The zero-order chi connectivity index (χ0) is 81.4. The highest BCUT2D eigenvalue weighted by molar-refractivity contribution is 9.11. The average molecular weight is 1820 g/mol. The highest BCUT2D eigenvalue weighted by atomic mass is 79.9. The third-order valence-corrected chi connectivity index (χ3v) is 26.4. The quantitative estimate of drug-likeness (QED) is 0.0857. The maximum Gasteiger partial charge on any atom is 0.254 e. The van der Waals surface area contributed by atoms with E-state index in [-0.39, 0.29) is 46.3 Å². The number of piperidine rings is 4. The molecular weight excluding hydrogens is 1710 g/mol. The van der Waals surface area contributed by atoms with Gasteiger partial charge in [-0.3, -0.25) is 38.6 Å². The molecule has 0 aliphatic carbocycles. The molecule has 0 unspecified atom stereocenters. The van der Waals surface area contributed by atoms with E-state index in [9.17, 15) is 28.8 Å². The van der Waals surface area contributed by atoms with E-state index in [0.717, 1.165) is 215 Å². The van der Waals surface area contributed by atoms with Gasteiger partial charge in [-0.2, -0.15) is 0 Å². The lowest BCUT2D eigenvalue weighted by Crippen LogP contribution is -2.62. The standard InChI is InChI=1S/C25H27BrN2O4.2C24H27BrN2O.C23H23BrN2O2/c1-31-21-9-6-19(15-22(21)32-2)24(30)28-16-25(17-28)11-13-27(14-12-25)23(29)10-5-18-3-7-20(26)8-4-18;2*1-19-2-4-21(5-3-19)16-26-17-24(18-26)12-14-27(15-13-24)23(28)11-8-20-6-9-22(25)10-7-20;24-20-9-6-18(7-10-20)8-11-21(27)25-14-12-23(13-15-25)16-26(17-23)22(28)19-4-2-1-3-5-19/h3-10,15H,11-14,16-17H2,1-2H3;2*2-11H,12-18H2,1H3;1-11H,12-17H2/b10-5+;3*11-8+. The summed E-state index contributed by atoms with van der Waals surface area (Å²) in [6.07, 6.45) is 22.5. The number of halogens is 4. The number of likely N-dealkylation sites (tertiary alicyclic amines) is 8. The first-order valence-electron chi connectivity index (χ1n) is 40.3. The number of aryl methyl sites for hydroxylation is 2. The Kier molecular flexibility index (Phi) is 28.6. The van der Waals surface area contributed by atoms with Crippen molar-refractivity contribution in [2.75, 3.05) is 119 Å². The van der Waals surface area contributed by atoms with E-state index in [1.54, 1.807) is 56.7 Å². The normalized spacial score (nSPS) is 18.4. The first-order chi connectivity index (χ1) is 56.0. The van der Waals surface area contributed by atoms with Gasteiger partial charge < -0.3 is 38.9 Å². The molecule has 0 bridgehead atoms. The second-order valence-corrected chi connectivity index (χ2v) is 36.5. The molecule has 0 aromatic heterocycles. The second-order valence-electron chi connectivity index (χ2n) is 32.9. The van der Waals surface area contributed by atoms with Gasteiger partial charge in [0.1, 0.15) is 0 Å². The predicted molar refractivity (Wildman–Crippen MR) is 476 cm³/mol. The third kappa shape index (κ3) is 22.6. The van der Waals surface area contributed by atoms with Crippen molar-refractivity contribution in [2.24, 2.45) is 21.7 Å². The van der Waals surface area contributed by atoms with E-state index in [0.29, 0.717) is 27.9 Å². The van der Waals surface area contributed by atoms with Crippen LogP contribution in [0.2, 0.25) is 0 Å². The molecule has 8 aromatic rings. The molecule has 0 saturated carbocycles. The third-order valence-electron chi connectivity index (χ3n) is 24.3. The molecule has 8 fully saturated rings. The Hall–Kier alpha value is -9.02. The predicted octanol–water partition coefficient (Wildman–Crippen LogP) is 18.3. The summed E-state index contributed by atoms with van der Waals surface area (Å²) in [4.78, 5) is 92.2. The molecule has 8 aliphatic heterocycles. The van der Waals surface area contributed by atoms with Crippen molar-refractivity contribution in [3.63, 3.8) is 0 Å². The monoisotopic (exact) mass is 1810 g/mol. The fraction of sp³-hybridized carbons (Fsp3) is 0.354. The summed E-state index contributed by atoms with van der Waals surface area (Å²) in [5, 5.41) is 0. The Balaban J connectivity index is 0.000000135. The van der Waals surface area contributed by atoms with Crippen molar-refractivity contribution >= 4 is 123 Å². The van der Waals surface area contributed by atoms with Gasteiger partial charge in [0.05, 0.1) is 14.2 Å². The molecule has 0 atom stereocenters. The van der Waals surface area contributed by atoms with Crippen LogP contribution in [0.1, 0.15) is 117 Å². The largest absolute Gasteiger partial charge is 0.493 e. The molecule has 6 amide bonds. The molecule has 0 N–H and O–H groups in total. The first-order valence-corrected chi connectivity index (χ1v) is 43.5. The number of amides is 6. The molecule has 8 aliphatic rings. The lowest BCUT2D eigenvalue weighted by molar-refractivity contribution is -0.132. The van der Waals surface area contributed by atoms with Crippen molar-refractivity contribution in [1.82, 2.24) is 39.2 Å². The Morgan fingerprint density at radius 2 is 0.595 bits per heavy atom. The number of hydrogen-bond acceptors (Lipinski definition) is 10. The summed E-state index contributed by atoms with van der Waals surface area (Å²) in [5.74, 6) is 1.65. The molecule has 116 heavy (non-hydrogen) atoms. The van der Waals surface area contributed by atoms with E-state index < -0.39 is 0 Å². The minimum absolute atomic E-state index is 0.00696. The molecular formula is C96H104Br4N8O8. The van der Waals surface area contributed by atoms with Crippen LogP contribution in [0.5, 0.6) is 11.5 Å². The zero-order valence-corrected chi connectivity index (χ0v) is 73.2. The lowest BCUT2D eigenvalue weighted by atomic mass is 9.71. The second kappa shape index (κ2) is 39.0. The van der Waals surface area contributed by atoms with Gasteiger partial charge in [0, 0.05) is 182 Å². The molecule has 8 saturated heterocycles. The van der Waals surface area contributed by atoms with Crippen molar-refractivity contribution in [3.05, 3.63) is 292 Å². The van der Waals surface area contributed by atoms with Crippen LogP contribution in [0, 0.1) is 35.5 Å². The van der Waals surface area contributed by atoms with Crippen LogP contribution >= 0.6 is 63.7 Å². The zero-order valence-electron chi connectivity index (χ0n) is 66.8. The first kappa shape index (κ1) is 84.9. The Morgan fingerprint density at radius 3 is 0.879 bits per heavy atom. The SMILES string of the molecule is COc1ccc(C(=O)N2CC3(CCN(C(=O)/C=C/c4ccc(Br)cc4)CC3)C2)cc1OC.Cc1ccc(CN2CC3(CCN(C(=O)/C=C/c4ccc(Br)cc4)CC3)C2)cc1.Cc1ccc(CN2CC3(CCN(C(=O)/C=C/c4ccc(Br)cc4)CC3)C2)cc1.O=C(/C=C/c1ccc(Br)cc1)N1CCC2(CC1)CN(C(=O)c1ccccc1)C2. The van der Waals surface area contributed by atoms with Gasteiger partial charge in [-0.25, -0.2) is 0 Å². The van der Waals surface area contributed by atoms with Gasteiger partial charge in [-0.05, 0) is 213 Å². The molecule has 8 heterocycles. The van der Waals surface area contributed by atoms with Crippen LogP contribution in [0.4, 0.5) is 0 Å². The number of nitrogens with zero attached hydrogens (tertiary/aromatic N) is 8. The summed E-state index contributed by atoms with van der Waals surface area (Å²) in [6, 6.07) is 64.2. The van der Waals surface area contributed by atoms with Crippen molar-refractivity contribution in [2.45, 2.75) is 78.3 Å². The number of carbonyl (C=O) groups is 6. The number of ether oxygens (including phenoxy) is 2. The molecule has 4 spiro atoms. The minimum Gasteiger partial charge on any atom is -0.493 e. The van der Waals surface area contributed by atoms with Crippen LogP contribution in [0.15, 0.2) is 236 Å². The van der Waals surface area contributed by atoms with Crippen LogP contribution in [-0.2, 0) is 32.3 Å². The Morgan fingerprint density at radius 1 is 0.319 bits per heavy atom. The van der Waals surface area contributed by atoms with E-state index >= 15 is 0 Å². The fourth-order valence-electron chi connectivity index (χ4n) is 17.1. The Labute approximate surface area is 717 Å². The van der Waals surface area contributed by atoms with E-state index in [2.05, 4.69) is 136 Å². The van der Waals surface area contributed by atoms with E-state index in [4.69, 9.17) is 9.47 Å².